The average Bonchev–Trinajstić information content (AvgIpc) is 3.66. The Bertz CT molecular complexity index is 1600. The first-order valence-electron chi connectivity index (χ1n) is 13.7. The second-order valence-corrected chi connectivity index (χ2v) is 11.6. The Morgan fingerprint density at radius 1 is 1.05 bits per heavy atom. The molecule has 0 spiro atoms. The van der Waals surface area contributed by atoms with E-state index in [1.165, 1.54) is 6.26 Å². The normalized spacial score (nSPS) is 14.3. The van der Waals surface area contributed by atoms with E-state index in [1.54, 1.807) is 65.1 Å². The summed E-state index contributed by atoms with van der Waals surface area (Å²) in [5, 5.41) is 3.77. The maximum atomic E-state index is 13.1. The third kappa shape index (κ3) is 7.06. The van der Waals surface area contributed by atoms with Crippen molar-refractivity contribution in [2.75, 3.05) is 43.1 Å². The van der Waals surface area contributed by atoms with E-state index in [-0.39, 0.29) is 42.2 Å². The molecule has 13 heteroatoms. The minimum absolute atomic E-state index is 0. The Morgan fingerprint density at radius 2 is 1.84 bits per heavy atom. The van der Waals surface area contributed by atoms with E-state index in [0.29, 0.717) is 55.5 Å². The van der Waals surface area contributed by atoms with Gasteiger partial charge >= 0.3 is 0 Å². The molecule has 43 heavy (non-hydrogen) atoms. The molecule has 1 aliphatic rings. The Hall–Kier alpha value is -3.38. The number of rotatable bonds is 11. The third-order valence-electron chi connectivity index (χ3n) is 7.51. The van der Waals surface area contributed by atoms with E-state index in [0.717, 1.165) is 23.4 Å². The van der Waals surface area contributed by atoms with Crippen molar-refractivity contribution in [1.29, 1.82) is 0 Å². The number of hydrogen-bond donors (Lipinski definition) is 0. The molecule has 0 atom stereocenters. The maximum Gasteiger partial charge on any atom is 0.294 e. The summed E-state index contributed by atoms with van der Waals surface area (Å²) in [7, 11) is 1.70. The van der Waals surface area contributed by atoms with Gasteiger partial charge in [0.25, 0.3) is 5.56 Å². The molecular formula is C30H37Cl2N5O5S. The molecule has 1 aliphatic heterocycles. The lowest BCUT2D eigenvalue weighted by Crippen LogP contribution is -2.47. The second kappa shape index (κ2) is 14.4. The number of carbonyl (C=O) groups excluding carboxylic acids is 2. The highest BCUT2D eigenvalue weighted by Gasteiger charge is 2.45. The number of anilines is 2. The highest BCUT2D eigenvalue weighted by atomic mass is 35.5. The lowest BCUT2D eigenvalue weighted by Gasteiger charge is -2.27. The van der Waals surface area contributed by atoms with Gasteiger partial charge in [0.05, 0.1) is 30.8 Å². The summed E-state index contributed by atoms with van der Waals surface area (Å²) in [5.74, 6) is 0.173. The number of pyridine rings is 1. The van der Waals surface area contributed by atoms with Gasteiger partial charge in [-0.2, -0.15) is 0 Å². The number of furan rings is 1. The van der Waals surface area contributed by atoms with Gasteiger partial charge in [-0.3, -0.25) is 19.3 Å². The molecule has 5 rings (SSSR count). The van der Waals surface area contributed by atoms with E-state index in [4.69, 9.17) is 9.15 Å². The monoisotopic (exact) mass is 649 g/mol. The number of thiazole rings is 1. The molecule has 0 fully saturated rings. The smallest absolute Gasteiger partial charge is 0.294 e. The fourth-order valence-electron chi connectivity index (χ4n) is 5.16. The number of carbonyl (C=O) groups is 2. The van der Waals surface area contributed by atoms with Gasteiger partial charge in [0.1, 0.15) is 16.2 Å². The minimum atomic E-state index is -1.15. The molecule has 0 saturated carbocycles. The van der Waals surface area contributed by atoms with Crippen LogP contribution in [0, 0.1) is 5.41 Å². The van der Waals surface area contributed by atoms with Crippen molar-refractivity contribution in [2.45, 2.75) is 40.3 Å². The van der Waals surface area contributed by atoms with Crippen LogP contribution in [0.4, 0.5) is 11.4 Å². The van der Waals surface area contributed by atoms with Crippen molar-refractivity contribution >= 4 is 70.3 Å². The summed E-state index contributed by atoms with van der Waals surface area (Å²) in [4.78, 5) is 48.9. The Labute approximate surface area is 267 Å². The summed E-state index contributed by atoms with van der Waals surface area (Å²) in [6, 6.07) is 9.20. The molecule has 4 aromatic rings. The summed E-state index contributed by atoms with van der Waals surface area (Å²) in [5.41, 5.74) is 0.431. The van der Waals surface area contributed by atoms with E-state index in [1.807, 2.05) is 36.6 Å². The zero-order valence-electron chi connectivity index (χ0n) is 24.6. The highest BCUT2D eigenvalue weighted by molar-refractivity contribution is 7.09. The number of nitrogens with zero attached hydrogens (tertiary/aromatic N) is 5. The zero-order chi connectivity index (χ0) is 29.1. The van der Waals surface area contributed by atoms with Gasteiger partial charge in [-0.15, -0.1) is 36.2 Å². The largest absolute Gasteiger partial charge is 0.493 e. The van der Waals surface area contributed by atoms with Crippen molar-refractivity contribution < 1.29 is 18.7 Å². The van der Waals surface area contributed by atoms with Gasteiger partial charge < -0.3 is 23.5 Å². The molecule has 0 unspecified atom stereocenters. The van der Waals surface area contributed by atoms with Gasteiger partial charge in [0.2, 0.25) is 11.8 Å². The Balaban J connectivity index is 0.00000253. The number of fused-ring (bicyclic) bond motifs is 2. The molecule has 0 radical (unpaired) electrons. The molecule has 3 aromatic heterocycles. The van der Waals surface area contributed by atoms with E-state index >= 15 is 0 Å². The van der Waals surface area contributed by atoms with Crippen LogP contribution in [0.25, 0.3) is 11.0 Å². The van der Waals surface area contributed by atoms with E-state index in [2.05, 4.69) is 9.88 Å². The summed E-state index contributed by atoms with van der Waals surface area (Å²) in [6.45, 7) is 8.78. The van der Waals surface area contributed by atoms with Crippen LogP contribution in [0.2, 0.25) is 0 Å². The van der Waals surface area contributed by atoms with Gasteiger partial charge in [0, 0.05) is 62.5 Å². The van der Waals surface area contributed by atoms with Crippen LogP contribution < -0.4 is 20.1 Å². The van der Waals surface area contributed by atoms with E-state index in [9.17, 15) is 14.4 Å². The van der Waals surface area contributed by atoms with Gasteiger partial charge in [-0.25, -0.2) is 4.98 Å². The van der Waals surface area contributed by atoms with Crippen LogP contribution in [-0.4, -0.2) is 59.6 Å². The Kier molecular flexibility index (Phi) is 11.4. The molecule has 0 aliphatic carbocycles. The number of halogens is 2. The SMILES string of the molecule is CCN1C(=O)C(C)(C)C(=O)N(C)c2cc(OCCCN(CCn3ccc4ccoc4c3=O)Cc3nccs3)ccc21.Cl.Cl. The van der Waals surface area contributed by atoms with Crippen LogP contribution in [-0.2, 0) is 22.7 Å². The summed E-state index contributed by atoms with van der Waals surface area (Å²) in [6.07, 6.45) is 5.88. The van der Waals surface area contributed by atoms with Crippen molar-refractivity contribution in [3.63, 3.8) is 0 Å². The minimum Gasteiger partial charge on any atom is -0.493 e. The molecule has 1 aromatic carbocycles. The number of aromatic nitrogens is 2. The van der Waals surface area contributed by atoms with Crippen LogP contribution >= 0.6 is 36.2 Å². The molecule has 4 heterocycles. The quantitative estimate of drug-likeness (QED) is 0.162. The standard InChI is InChI=1S/C30H35N5O5S.2ClH/c1-5-35-23-8-7-22(19-24(23)32(4)28(37)30(2,3)29(35)38)39-16-6-12-33(20-25-31-11-18-41-25)14-15-34-13-9-21-10-17-40-26(21)27(34)36;;/h7-11,13,17-19H,5-6,12,14-16,20H2,1-4H3;2*1H. The molecule has 0 bridgehead atoms. The molecule has 2 amide bonds. The molecule has 0 saturated heterocycles. The summed E-state index contributed by atoms with van der Waals surface area (Å²) >= 11 is 1.60. The first-order chi connectivity index (χ1) is 19.7. The molecular weight excluding hydrogens is 613 g/mol. The van der Waals surface area contributed by atoms with Crippen LogP contribution in [0.3, 0.4) is 0 Å². The lowest BCUT2D eigenvalue weighted by molar-refractivity contribution is -0.137. The average molecular weight is 651 g/mol. The predicted octanol–water partition coefficient (Wildman–Crippen LogP) is 5.22. The van der Waals surface area contributed by atoms with Crippen molar-refractivity contribution in [3.05, 3.63) is 69.7 Å². The highest BCUT2D eigenvalue weighted by Crippen LogP contribution is 2.40. The van der Waals surface area contributed by atoms with Crippen molar-refractivity contribution in [2.24, 2.45) is 5.41 Å². The third-order valence-corrected chi connectivity index (χ3v) is 8.27. The first kappa shape index (κ1) is 34.1. The maximum absolute atomic E-state index is 13.1. The summed E-state index contributed by atoms with van der Waals surface area (Å²) < 4.78 is 13.2. The molecule has 10 nitrogen and oxygen atoms in total. The van der Waals surface area contributed by atoms with Crippen molar-refractivity contribution in [3.8, 4) is 5.75 Å². The number of ether oxygens (including phenoxy) is 1. The van der Waals surface area contributed by atoms with Gasteiger partial charge in [-0.05, 0) is 51.5 Å². The number of hydrogen-bond acceptors (Lipinski definition) is 8. The zero-order valence-corrected chi connectivity index (χ0v) is 27.1. The number of amides is 2. The van der Waals surface area contributed by atoms with Gasteiger partial charge in [0.15, 0.2) is 5.58 Å². The fourth-order valence-corrected chi connectivity index (χ4v) is 5.82. The molecule has 232 valence electrons. The lowest BCUT2D eigenvalue weighted by atomic mass is 9.90. The Morgan fingerprint density at radius 3 is 2.56 bits per heavy atom. The first-order valence-corrected chi connectivity index (χ1v) is 14.6. The van der Waals surface area contributed by atoms with E-state index < -0.39 is 5.41 Å². The predicted molar refractivity (Wildman–Crippen MR) is 174 cm³/mol. The molecule has 0 N–H and O–H groups in total. The van der Waals surface area contributed by atoms with Crippen LogP contribution in [0.1, 0.15) is 32.2 Å². The van der Waals surface area contributed by atoms with Crippen molar-refractivity contribution in [1.82, 2.24) is 14.5 Å². The fraction of sp³-hybridized carbons (Fsp3) is 0.400. The van der Waals surface area contributed by atoms with Crippen LogP contribution in [0.15, 0.2) is 63.6 Å². The topological polar surface area (TPSA) is 101 Å². The number of benzene rings is 1. The van der Waals surface area contributed by atoms with Gasteiger partial charge in [-0.1, -0.05) is 0 Å². The van der Waals surface area contributed by atoms with Crippen LogP contribution in [0.5, 0.6) is 5.75 Å². The second-order valence-electron chi connectivity index (χ2n) is 10.6.